The molecule has 5 heteroatoms. The van der Waals surface area contributed by atoms with Gasteiger partial charge in [0.25, 0.3) is 5.88 Å². The van der Waals surface area contributed by atoms with Crippen LogP contribution in [0.5, 0.6) is 5.88 Å². The van der Waals surface area contributed by atoms with E-state index in [1.54, 1.807) is 19.5 Å². The first kappa shape index (κ1) is 13.3. The highest BCUT2D eigenvalue weighted by atomic mass is 16.5. The van der Waals surface area contributed by atoms with Gasteiger partial charge >= 0.3 is 0 Å². The van der Waals surface area contributed by atoms with E-state index in [1.165, 1.54) is 38.8 Å². The fourth-order valence-corrected chi connectivity index (χ4v) is 3.89. The SMILES string of the molecule is COc1nccnc1N1C[C@@H]2CC[C@H](C1)N(CC1CC1)C2. The molecule has 0 N–H and O–H groups in total. The molecule has 3 aliphatic heterocycles. The minimum atomic E-state index is 0.660. The third-order valence-corrected chi connectivity index (χ3v) is 5.16. The van der Waals surface area contributed by atoms with Crippen molar-refractivity contribution < 1.29 is 4.74 Å². The van der Waals surface area contributed by atoms with Crippen LogP contribution < -0.4 is 9.64 Å². The molecule has 3 saturated heterocycles. The van der Waals surface area contributed by atoms with Gasteiger partial charge in [-0.1, -0.05) is 0 Å². The molecule has 1 aromatic heterocycles. The van der Waals surface area contributed by atoms with Crippen molar-refractivity contribution in [2.75, 3.05) is 38.2 Å². The van der Waals surface area contributed by atoms with E-state index in [1.807, 2.05) is 0 Å². The molecule has 5 rings (SSSR count). The third kappa shape index (κ3) is 2.71. The zero-order valence-corrected chi connectivity index (χ0v) is 12.7. The Bertz CT molecular complexity index is 505. The lowest BCUT2D eigenvalue weighted by molar-refractivity contribution is 0.128. The van der Waals surface area contributed by atoms with Gasteiger partial charge in [0, 0.05) is 44.6 Å². The Kier molecular flexibility index (Phi) is 3.45. The largest absolute Gasteiger partial charge is 0.478 e. The second kappa shape index (κ2) is 5.44. The molecule has 1 aromatic rings. The number of fused-ring (bicyclic) bond motifs is 4. The molecule has 2 bridgehead atoms. The van der Waals surface area contributed by atoms with Gasteiger partial charge in [-0.05, 0) is 37.5 Å². The van der Waals surface area contributed by atoms with Gasteiger partial charge in [-0.15, -0.1) is 0 Å². The van der Waals surface area contributed by atoms with Crippen molar-refractivity contribution in [2.45, 2.75) is 31.7 Å². The highest BCUT2D eigenvalue weighted by Crippen LogP contribution is 2.36. The van der Waals surface area contributed by atoms with Crippen LogP contribution in [0.2, 0.25) is 0 Å². The van der Waals surface area contributed by atoms with Crippen molar-refractivity contribution in [1.29, 1.82) is 0 Å². The highest BCUT2D eigenvalue weighted by molar-refractivity contribution is 5.48. The molecule has 0 amide bonds. The topological polar surface area (TPSA) is 41.5 Å². The first-order valence-corrected chi connectivity index (χ1v) is 8.17. The molecule has 1 aliphatic carbocycles. The van der Waals surface area contributed by atoms with Gasteiger partial charge < -0.3 is 9.64 Å². The quantitative estimate of drug-likeness (QED) is 0.845. The summed E-state index contributed by atoms with van der Waals surface area (Å²) in [7, 11) is 1.68. The number of rotatable bonds is 4. The van der Waals surface area contributed by atoms with E-state index in [2.05, 4.69) is 19.8 Å². The van der Waals surface area contributed by atoms with Gasteiger partial charge in [-0.2, -0.15) is 0 Å². The van der Waals surface area contributed by atoms with Crippen molar-refractivity contribution in [3.05, 3.63) is 12.4 Å². The van der Waals surface area contributed by atoms with Crippen LogP contribution in [0.1, 0.15) is 25.7 Å². The number of nitrogens with zero attached hydrogens (tertiary/aromatic N) is 4. The van der Waals surface area contributed by atoms with Crippen LogP contribution >= 0.6 is 0 Å². The zero-order valence-electron chi connectivity index (χ0n) is 12.7. The zero-order chi connectivity index (χ0) is 14.2. The van der Waals surface area contributed by atoms with Crippen LogP contribution in [-0.4, -0.2) is 54.2 Å². The summed E-state index contributed by atoms with van der Waals surface area (Å²) in [5, 5.41) is 0. The average Bonchev–Trinajstić information content (AvgIpc) is 3.34. The first-order valence-electron chi connectivity index (χ1n) is 8.17. The third-order valence-electron chi connectivity index (χ3n) is 5.16. The second-order valence-electron chi connectivity index (χ2n) is 6.79. The molecule has 0 aromatic carbocycles. The van der Waals surface area contributed by atoms with Crippen LogP contribution in [0.25, 0.3) is 0 Å². The van der Waals surface area contributed by atoms with E-state index in [0.29, 0.717) is 11.9 Å². The smallest absolute Gasteiger partial charge is 0.257 e. The lowest BCUT2D eigenvalue weighted by Gasteiger charge is -2.36. The van der Waals surface area contributed by atoms with Crippen molar-refractivity contribution in [2.24, 2.45) is 11.8 Å². The molecule has 0 spiro atoms. The monoisotopic (exact) mass is 288 g/mol. The van der Waals surface area contributed by atoms with Crippen LogP contribution in [0, 0.1) is 11.8 Å². The Hall–Kier alpha value is -1.36. The molecule has 0 radical (unpaired) electrons. The highest BCUT2D eigenvalue weighted by Gasteiger charge is 2.38. The molecule has 4 fully saturated rings. The molecule has 4 aliphatic rings. The van der Waals surface area contributed by atoms with E-state index in [-0.39, 0.29) is 0 Å². The summed E-state index contributed by atoms with van der Waals surface area (Å²) in [6.07, 6.45) is 9.04. The minimum absolute atomic E-state index is 0.660. The lowest BCUT2D eigenvalue weighted by atomic mass is 9.95. The van der Waals surface area contributed by atoms with Gasteiger partial charge in [0.05, 0.1) is 7.11 Å². The molecular formula is C16H24N4O. The maximum atomic E-state index is 5.40. The standard InChI is InChI=1S/C16H24N4O/c1-21-16-15(17-6-7-18-16)20-10-13-4-5-14(11-20)19(9-13)8-12-2-3-12/h6-7,12-14H,2-5,8-11H2,1H3/t13-,14-/m1/s1. The Morgan fingerprint density at radius 2 is 1.95 bits per heavy atom. The molecule has 4 heterocycles. The van der Waals surface area contributed by atoms with Crippen molar-refractivity contribution in [3.63, 3.8) is 0 Å². The van der Waals surface area contributed by atoms with Gasteiger partial charge in [0.2, 0.25) is 0 Å². The predicted octanol–water partition coefficient (Wildman–Crippen LogP) is 1.80. The summed E-state index contributed by atoms with van der Waals surface area (Å²) in [5.41, 5.74) is 0. The van der Waals surface area contributed by atoms with Gasteiger partial charge in [0.1, 0.15) is 0 Å². The Morgan fingerprint density at radius 3 is 2.76 bits per heavy atom. The Morgan fingerprint density at radius 1 is 1.10 bits per heavy atom. The molecule has 5 nitrogen and oxygen atoms in total. The summed E-state index contributed by atoms with van der Waals surface area (Å²) >= 11 is 0. The Balaban J connectivity index is 1.55. The van der Waals surface area contributed by atoms with Gasteiger partial charge in [0.15, 0.2) is 5.82 Å². The molecule has 21 heavy (non-hydrogen) atoms. The van der Waals surface area contributed by atoms with Crippen LogP contribution in [0.4, 0.5) is 5.82 Å². The van der Waals surface area contributed by atoms with E-state index in [4.69, 9.17) is 4.74 Å². The summed E-state index contributed by atoms with van der Waals surface area (Å²) in [4.78, 5) is 14.0. The van der Waals surface area contributed by atoms with Gasteiger partial charge in [-0.3, -0.25) is 4.90 Å². The number of hydrogen-bond donors (Lipinski definition) is 0. The number of ether oxygens (including phenoxy) is 1. The van der Waals surface area contributed by atoms with Crippen LogP contribution in [0.3, 0.4) is 0 Å². The van der Waals surface area contributed by atoms with Crippen molar-refractivity contribution in [1.82, 2.24) is 14.9 Å². The molecule has 1 saturated carbocycles. The number of hydrogen-bond acceptors (Lipinski definition) is 5. The molecule has 2 atom stereocenters. The van der Waals surface area contributed by atoms with E-state index in [9.17, 15) is 0 Å². The van der Waals surface area contributed by atoms with E-state index >= 15 is 0 Å². The number of aromatic nitrogens is 2. The average molecular weight is 288 g/mol. The summed E-state index contributed by atoms with van der Waals surface area (Å²) < 4.78 is 5.40. The number of anilines is 1. The minimum Gasteiger partial charge on any atom is -0.478 e. The van der Waals surface area contributed by atoms with Crippen molar-refractivity contribution in [3.8, 4) is 5.88 Å². The Labute approximate surface area is 126 Å². The summed E-state index contributed by atoms with van der Waals surface area (Å²) in [6, 6.07) is 0.677. The molecule has 114 valence electrons. The summed E-state index contributed by atoms with van der Waals surface area (Å²) in [5.74, 6) is 3.32. The molecule has 0 unspecified atom stereocenters. The normalized spacial score (nSPS) is 29.5. The predicted molar refractivity (Wildman–Crippen MR) is 81.6 cm³/mol. The van der Waals surface area contributed by atoms with E-state index < -0.39 is 0 Å². The maximum Gasteiger partial charge on any atom is 0.257 e. The van der Waals surface area contributed by atoms with Crippen molar-refractivity contribution >= 4 is 5.82 Å². The molecular weight excluding hydrogens is 264 g/mol. The second-order valence-corrected chi connectivity index (χ2v) is 6.79. The summed E-state index contributed by atoms with van der Waals surface area (Å²) in [6.45, 7) is 4.73. The van der Waals surface area contributed by atoms with E-state index in [0.717, 1.165) is 30.7 Å². The fourth-order valence-electron chi connectivity index (χ4n) is 3.89. The lowest BCUT2D eigenvalue weighted by Crippen LogP contribution is -2.44. The van der Waals surface area contributed by atoms with Crippen LogP contribution in [-0.2, 0) is 0 Å². The van der Waals surface area contributed by atoms with Crippen LogP contribution in [0.15, 0.2) is 12.4 Å². The number of methoxy groups -OCH3 is 1. The fraction of sp³-hybridized carbons (Fsp3) is 0.750. The first-order chi connectivity index (χ1) is 10.3. The number of piperidine rings is 1. The van der Waals surface area contributed by atoms with Gasteiger partial charge in [-0.25, -0.2) is 9.97 Å². The maximum absolute atomic E-state index is 5.40.